The number of benzene rings is 1. The quantitative estimate of drug-likeness (QED) is 0.791. The van der Waals surface area contributed by atoms with Crippen molar-refractivity contribution < 1.29 is 4.79 Å². The standard InChI is InChI=1S/C21H34N2O/c1-16(2)11-18-5-7-19(8-6-18)12-21(24)22-13-20-9-10-23(15-20)14-17(3)4/h5-8,16-17,20H,9-15H2,1-4H3,(H,22,24). The average Bonchev–Trinajstić information content (AvgIpc) is 2.93. The topological polar surface area (TPSA) is 32.3 Å². The minimum absolute atomic E-state index is 0.147. The summed E-state index contributed by atoms with van der Waals surface area (Å²) in [5, 5.41) is 3.13. The summed E-state index contributed by atoms with van der Waals surface area (Å²) >= 11 is 0. The van der Waals surface area contributed by atoms with Gasteiger partial charge in [0.15, 0.2) is 0 Å². The molecule has 1 fully saturated rings. The summed E-state index contributed by atoms with van der Waals surface area (Å²) in [5.74, 6) is 2.15. The van der Waals surface area contributed by atoms with Crippen LogP contribution >= 0.6 is 0 Å². The molecule has 0 spiro atoms. The van der Waals surface area contributed by atoms with Crippen LogP contribution in [0.1, 0.15) is 45.2 Å². The normalized spacial score (nSPS) is 18.5. The van der Waals surface area contributed by atoms with Crippen molar-refractivity contribution in [2.45, 2.75) is 47.0 Å². The van der Waals surface area contributed by atoms with Gasteiger partial charge in [-0.05, 0) is 48.3 Å². The highest BCUT2D eigenvalue weighted by Gasteiger charge is 2.23. The maximum absolute atomic E-state index is 12.2. The van der Waals surface area contributed by atoms with Crippen molar-refractivity contribution >= 4 is 5.91 Å². The molecule has 0 aromatic heterocycles. The second kappa shape index (κ2) is 9.22. The lowest BCUT2D eigenvalue weighted by molar-refractivity contribution is -0.120. The van der Waals surface area contributed by atoms with Gasteiger partial charge in [-0.2, -0.15) is 0 Å². The molecule has 0 bridgehead atoms. The molecule has 1 aliphatic heterocycles. The first kappa shape index (κ1) is 19.0. The molecule has 1 heterocycles. The molecule has 1 aliphatic rings. The number of hydrogen-bond donors (Lipinski definition) is 1. The van der Waals surface area contributed by atoms with Crippen LogP contribution in [0.4, 0.5) is 0 Å². The molecule has 1 N–H and O–H groups in total. The molecule has 134 valence electrons. The molecule has 2 rings (SSSR count). The summed E-state index contributed by atoms with van der Waals surface area (Å²) in [6, 6.07) is 8.50. The molecule has 3 nitrogen and oxygen atoms in total. The molecular formula is C21H34N2O. The van der Waals surface area contributed by atoms with Crippen molar-refractivity contribution in [3.8, 4) is 0 Å². The number of likely N-dealkylation sites (tertiary alicyclic amines) is 1. The summed E-state index contributed by atoms with van der Waals surface area (Å²) in [4.78, 5) is 14.7. The van der Waals surface area contributed by atoms with E-state index in [0.717, 1.165) is 31.0 Å². The molecule has 3 heteroatoms. The lowest BCUT2D eigenvalue weighted by atomic mass is 10.0. The van der Waals surface area contributed by atoms with Crippen LogP contribution in [-0.4, -0.2) is 37.0 Å². The number of nitrogens with zero attached hydrogens (tertiary/aromatic N) is 1. The maximum Gasteiger partial charge on any atom is 0.224 e. The second-order valence-corrected chi connectivity index (χ2v) is 8.20. The number of rotatable bonds is 8. The highest BCUT2D eigenvalue weighted by molar-refractivity contribution is 5.78. The fourth-order valence-corrected chi connectivity index (χ4v) is 3.53. The number of nitrogens with one attached hydrogen (secondary N) is 1. The zero-order valence-corrected chi connectivity index (χ0v) is 15.8. The molecule has 1 unspecified atom stereocenters. The molecule has 1 saturated heterocycles. The van der Waals surface area contributed by atoms with Crippen molar-refractivity contribution in [2.75, 3.05) is 26.2 Å². The number of carbonyl (C=O) groups excluding carboxylic acids is 1. The van der Waals surface area contributed by atoms with Crippen molar-refractivity contribution in [1.29, 1.82) is 0 Å². The van der Waals surface area contributed by atoms with Gasteiger partial charge in [-0.1, -0.05) is 52.0 Å². The molecule has 1 atom stereocenters. The van der Waals surface area contributed by atoms with E-state index in [-0.39, 0.29) is 5.91 Å². The Morgan fingerprint density at radius 3 is 2.42 bits per heavy atom. The van der Waals surface area contributed by atoms with E-state index in [1.807, 2.05) is 0 Å². The summed E-state index contributed by atoms with van der Waals surface area (Å²) < 4.78 is 0. The third-order valence-corrected chi connectivity index (χ3v) is 4.61. The maximum atomic E-state index is 12.2. The van der Waals surface area contributed by atoms with E-state index in [1.165, 1.54) is 25.1 Å². The summed E-state index contributed by atoms with van der Waals surface area (Å²) in [7, 11) is 0. The van der Waals surface area contributed by atoms with Crippen LogP contribution in [0.15, 0.2) is 24.3 Å². The van der Waals surface area contributed by atoms with Crippen molar-refractivity contribution in [3.05, 3.63) is 35.4 Å². The Balaban J connectivity index is 1.70. The zero-order valence-electron chi connectivity index (χ0n) is 15.8. The van der Waals surface area contributed by atoms with Gasteiger partial charge in [0, 0.05) is 19.6 Å². The first-order valence-corrected chi connectivity index (χ1v) is 9.49. The Kier molecular flexibility index (Phi) is 7.29. The van der Waals surface area contributed by atoms with Gasteiger partial charge in [0.25, 0.3) is 0 Å². The lowest BCUT2D eigenvalue weighted by Gasteiger charge is -2.18. The minimum atomic E-state index is 0.147. The van der Waals surface area contributed by atoms with Crippen LogP contribution in [0.3, 0.4) is 0 Å². The first-order valence-electron chi connectivity index (χ1n) is 9.49. The van der Waals surface area contributed by atoms with Crippen LogP contribution in [0.25, 0.3) is 0 Å². The van der Waals surface area contributed by atoms with Gasteiger partial charge < -0.3 is 10.2 Å². The minimum Gasteiger partial charge on any atom is -0.355 e. The highest BCUT2D eigenvalue weighted by Crippen LogP contribution is 2.16. The molecule has 24 heavy (non-hydrogen) atoms. The van der Waals surface area contributed by atoms with E-state index in [0.29, 0.717) is 18.3 Å². The molecule has 0 aliphatic carbocycles. The van der Waals surface area contributed by atoms with Crippen molar-refractivity contribution in [3.63, 3.8) is 0 Å². The predicted octanol–water partition coefficient (Wildman–Crippen LogP) is 3.52. The smallest absolute Gasteiger partial charge is 0.224 e. The second-order valence-electron chi connectivity index (χ2n) is 8.20. The van der Waals surface area contributed by atoms with Gasteiger partial charge in [-0.15, -0.1) is 0 Å². The van der Waals surface area contributed by atoms with E-state index >= 15 is 0 Å². The van der Waals surface area contributed by atoms with Gasteiger partial charge in [0.1, 0.15) is 0 Å². The predicted molar refractivity (Wildman–Crippen MR) is 101 cm³/mol. The Hall–Kier alpha value is -1.35. The van der Waals surface area contributed by atoms with Crippen molar-refractivity contribution in [2.24, 2.45) is 17.8 Å². The Morgan fingerprint density at radius 2 is 1.79 bits per heavy atom. The third kappa shape index (κ3) is 6.64. The van der Waals surface area contributed by atoms with Gasteiger partial charge in [-0.25, -0.2) is 0 Å². The van der Waals surface area contributed by atoms with Gasteiger partial charge >= 0.3 is 0 Å². The van der Waals surface area contributed by atoms with E-state index in [9.17, 15) is 4.79 Å². The monoisotopic (exact) mass is 330 g/mol. The number of hydrogen-bond acceptors (Lipinski definition) is 2. The Bertz CT molecular complexity index is 507. The zero-order chi connectivity index (χ0) is 17.5. The Morgan fingerprint density at radius 1 is 1.12 bits per heavy atom. The summed E-state index contributed by atoms with van der Waals surface area (Å²) in [6.45, 7) is 13.3. The average molecular weight is 331 g/mol. The van der Waals surface area contributed by atoms with Crippen LogP contribution < -0.4 is 5.32 Å². The van der Waals surface area contributed by atoms with Gasteiger partial charge in [0.05, 0.1) is 6.42 Å². The number of amides is 1. The molecule has 1 aromatic carbocycles. The van der Waals surface area contributed by atoms with Crippen LogP contribution in [-0.2, 0) is 17.6 Å². The summed E-state index contributed by atoms with van der Waals surface area (Å²) in [5.41, 5.74) is 2.46. The summed E-state index contributed by atoms with van der Waals surface area (Å²) in [6.07, 6.45) is 2.79. The van der Waals surface area contributed by atoms with Gasteiger partial charge in [0.2, 0.25) is 5.91 Å². The largest absolute Gasteiger partial charge is 0.355 e. The molecule has 0 radical (unpaired) electrons. The van der Waals surface area contributed by atoms with Crippen LogP contribution in [0, 0.1) is 17.8 Å². The van der Waals surface area contributed by atoms with Crippen molar-refractivity contribution in [1.82, 2.24) is 10.2 Å². The third-order valence-electron chi connectivity index (χ3n) is 4.61. The fraction of sp³-hybridized carbons (Fsp3) is 0.667. The molecule has 1 aromatic rings. The highest BCUT2D eigenvalue weighted by atomic mass is 16.1. The van der Waals surface area contributed by atoms with E-state index in [1.54, 1.807) is 0 Å². The Labute approximate surface area is 147 Å². The molecule has 0 saturated carbocycles. The molecule has 1 amide bonds. The van der Waals surface area contributed by atoms with E-state index in [4.69, 9.17) is 0 Å². The first-order chi connectivity index (χ1) is 11.4. The number of carbonyl (C=O) groups is 1. The van der Waals surface area contributed by atoms with Crippen LogP contribution in [0.5, 0.6) is 0 Å². The van der Waals surface area contributed by atoms with E-state index in [2.05, 4.69) is 62.2 Å². The fourth-order valence-electron chi connectivity index (χ4n) is 3.53. The SMILES string of the molecule is CC(C)Cc1ccc(CC(=O)NCC2CCN(CC(C)C)C2)cc1. The van der Waals surface area contributed by atoms with Gasteiger partial charge in [-0.3, -0.25) is 4.79 Å². The molecular weight excluding hydrogens is 296 g/mol. The lowest BCUT2D eigenvalue weighted by Crippen LogP contribution is -2.32. The van der Waals surface area contributed by atoms with E-state index < -0.39 is 0 Å². The van der Waals surface area contributed by atoms with Crippen LogP contribution in [0.2, 0.25) is 0 Å².